The zero-order valence-electron chi connectivity index (χ0n) is 16.1. The summed E-state index contributed by atoms with van der Waals surface area (Å²) in [5.41, 5.74) is -0.739. The van der Waals surface area contributed by atoms with Gasteiger partial charge in [0.1, 0.15) is 24.5 Å². The maximum atomic E-state index is 13.2. The highest BCUT2D eigenvalue weighted by Crippen LogP contribution is 2.35. The number of imidazole rings is 1. The van der Waals surface area contributed by atoms with Gasteiger partial charge < -0.3 is 14.5 Å². The maximum Gasteiger partial charge on any atom is 0.416 e. The van der Waals surface area contributed by atoms with E-state index in [9.17, 15) is 18.0 Å². The molecule has 3 rings (SSSR count). The van der Waals surface area contributed by atoms with Gasteiger partial charge in [-0.2, -0.15) is 13.2 Å². The van der Waals surface area contributed by atoms with Crippen LogP contribution < -0.4 is 4.74 Å². The molecule has 2 heterocycles. The lowest BCUT2D eigenvalue weighted by Crippen LogP contribution is -2.09. The van der Waals surface area contributed by atoms with E-state index >= 15 is 0 Å². The number of carbonyl (C=O) groups is 1. The molecule has 1 aromatic carbocycles. The Morgan fingerprint density at radius 2 is 2.07 bits per heavy atom. The molecule has 30 heavy (non-hydrogen) atoms. The average Bonchev–Trinajstić information content (AvgIpc) is 3.35. The Morgan fingerprint density at radius 3 is 2.73 bits per heavy atom. The molecule has 0 fully saturated rings. The molecule has 0 spiro atoms. The van der Waals surface area contributed by atoms with Crippen LogP contribution in [-0.2, 0) is 22.3 Å². The Hall–Kier alpha value is -3.63. The number of ether oxygens (including phenoxy) is 2. The second-order valence-electron chi connectivity index (χ2n) is 6.42. The molecule has 1 N–H and O–H groups in total. The van der Waals surface area contributed by atoms with Gasteiger partial charge >= 0.3 is 12.1 Å². The number of alkyl halides is 3. The van der Waals surface area contributed by atoms with Crippen LogP contribution >= 0.6 is 0 Å². The van der Waals surface area contributed by atoms with Gasteiger partial charge in [-0.05, 0) is 32.0 Å². The van der Waals surface area contributed by atoms with Crippen LogP contribution in [-0.4, -0.2) is 36.8 Å². The zero-order valence-corrected chi connectivity index (χ0v) is 16.1. The van der Waals surface area contributed by atoms with Crippen molar-refractivity contribution in [3.63, 3.8) is 0 Å². The van der Waals surface area contributed by atoms with Crippen molar-refractivity contribution < 1.29 is 27.4 Å². The summed E-state index contributed by atoms with van der Waals surface area (Å²) in [4.78, 5) is 22.4. The molecule has 0 amide bonds. The third-order valence-corrected chi connectivity index (χ3v) is 3.64. The van der Waals surface area contributed by atoms with Gasteiger partial charge in [-0.3, -0.25) is 0 Å². The maximum absolute atomic E-state index is 13.2. The predicted octanol–water partition coefficient (Wildman–Crippen LogP) is 3.69. The number of carbonyl (C=O) groups excluding carboxylic acids is 1. The van der Waals surface area contributed by atoms with E-state index in [2.05, 4.69) is 20.1 Å². The number of halogens is 3. The van der Waals surface area contributed by atoms with Gasteiger partial charge in [0, 0.05) is 30.2 Å². The molecular weight excluding hydrogens is 403 g/mol. The number of nitrogens with one attached hydrogen (secondary N) is 1. The summed E-state index contributed by atoms with van der Waals surface area (Å²) in [5.74, 6) is -0.0505. The average molecular weight is 421 g/mol. The van der Waals surface area contributed by atoms with Crippen molar-refractivity contribution in [2.24, 2.45) is 0 Å². The van der Waals surface area contributed by atoms with Crippen molar-refractivity contribution in [2.75, 3.05) is 0 Å². The molecule has 0 radical (unpaired) electrons. The van der Waals surface area contributed by atoms with Gasteiger partial charge in [-0.15, -0.1) is 5.10 Å². The standard InChI is InChI=1S/C19H18F3N5O3/c1-12(2)30-15-8-13(7-14(9-15)19(20,21)22)18-25-11-27(26-18)6-3-17(28)29-10-16-23-4-5-24-16/h3-9,11-12H,10H2,1-2H3,(H,23,24). The molecule has 0 atom stereocenters. The molecule has 0 aliphatic heterocycles. The van der Waals surface area contributed by atoms with Crippen LogP contribution in [0.4, 0.5) is 13.2 Å². The second-order valence-corrected chi connectivity index (χ2v) is 6.42. The first-order valence-electron chi connectivity index (χ1n) is 8.84. The summed E-state index contributed by atoms with van der Waals surface area (Å²) in [6.45, 7) is 3.40. The summed E-state index contributed by atoms with van der Waals surface area (Å²) in [7, 11) is 0. The van der Waals surface area contributed by atoms with Gasteiger partial charge in [0.25, 0.3) is 0 Å². The topological polar surface area (TPSA) is 94.9 Å². The monoisotopic (exact) mass is 421 g/mol. The molecule has 11 heteroatoms. The highest BCUT2D eigenvalue weighted by atomic mass is 19.4. The zero-order chi connectivity index (χ0) is 21.7. The summed E-state index contributed by atoms with van der Waals surface area (Å²) in [6.07, 6.45) is 1.92. The largest absolute Gasteiger partial charge is 0.491 e. The molecule has 3 aromatic rings. The first-order valence-corrected chi connectivity index (χ1v) is 8.84. The molecule has 0 bridgehead atoms. The van der Waals surface area contributed by atoms with Crippen molar-refractivity contribution in [1.82, 2.24) is 24.7 Å². The highest BCUT2D eigenvalue weighted by molar-refractivity contribution is 5.84. The highest BCUT2D eigenvalue weighted by Gasteiger charge is 2.32. The fourth-order valence-corrected chi connectivity index (χ4v) is 2.41. The van der Waals surface area contributed by atoms with Gasteiger partial charge in [0.2, 0.25) is 0 Å². The molecular formula is C19H18F3N5O3. The summed E-state index contributed by atoms with van der Waals surface area (Å²) >= 11 is 0. The number of aromatic amines is 1. The predicted molar refractivity (Wildman–Crippen MR) is 99.9 cm³/mol. The number of rotatable bonds is 7. The summed E-state index contributed by atoms with van der Waals surface area (Å²) < 4.78 is 51.2. The molecule has 8 nitrogen and oxygen atoms in total. The van der Waals surface area contributed by atoms with E-state index in [4.69, 9.17) is 9.47 Å². The number of hydrogen-bond donors (Lipinski definition) is 1. The lowest BCUT2D eigenvalue weighted by molar-refractivity contribution is -0.139. The van der Waals surface area contributed by atoms with Crippen LogP contribution in [0, 0.1) is 0 Å². The first-order chi connectivity index (χ1) is 14.2. The molecule has 0 saturated heterocycles. The number of hydrogen-bond acceptors (Lipinski definition) is 6. The van der Waals surface area contributed by atoms with Crippen LogP contribution in [0.25, 0.3) is 17.6 Å². The summed E-state index contributed by atoms with van der Waals surface area (Å²) in [6, 6.07) is 3.29. The van der Waals surface area contributed by atoms with Crippen molar-refractivity contribution in [1.29, 1.82) is 0 Å². The van der Waals surface area contributed by atoms with Gasteiger partial charge in [-0.25, -0.2) is 19.4 Å². The van der Waals surface area contributed by atoms with E-state index in [-0.39, 0.29) is 29.8 Å². The minimum absolute atomic E-state index is 0.0261. The van der Waals surface area contributed by atoms with Crippen molar-refractivity contribution >= 4 is 12.2 Å². The Morgan fingerprint density at radius 1 is 1.27 bits per heavy atom. The molecule has 0 aliphatic rings. The lowest BCUT2D eigenvalue weighted by Gasteiger charge is -2.14. The van der Waals surface area contributed by atoms with Crippen LogP contribution in [0.5, 0.6) is 5.75 Å². The smallest absolute Gasteiger partial charge is 0.416 e. The second kappa shape index (κ2) is 8.80. The van der Waals surface area contributed by atoms with Gasteiger partial charge in [0.05, 0.1) is 11.7 Å². The molecule has 158 valence electrons. The Bertz CT molecular complexity index is 1030. The van der Waals surface area contributed by atoms with Crippen molar-refractivity contribution in [3.8, 4) is 17.1 Å². The minimum atomic E-state index is -4.55. The molecule has 0 saturated carbocycles. The third-order valence-electron chi connectivity index (χ3n) is 3.64. The van der Waals surface area contributed by atoms with Crippen LogP contribution in [0.2, 0.25) is 0 Å². The lowest BCUT2D eigenvalue weighted by atomic mass is 10.1. The Labute approximate surface area is 169 Å². The van der Waals surface area contributed by atoms with Crippen molar-refractivity contribution in [2.45, 2.75) is 32.7 Å². The van der Waals surface area contributed by atoms with Crippen LogP contribution in [0.15, 0.2) is 43.0 Å². The summed E-state index contributed by atoms with van der Waals surface area (Å²) in [5, 5.41) is 4.08. The van der Waals surface area contributed by atoms with Crippen LogP contribution in [0.1, 0.15) is 25.2 Å². The number of esters is 1. The van der Waals surface area contributed by atoms with E-state index in [0.717, 1.165) is 18.2 Å². The van der Waals surface area contributed by atoms with E-state index in [1.54, 1.807) is 20.0 Å². The fraction of sp³-hybridized carbons (Fsp3) is 0.263. The van der Waals surface area contributed by atoms with E-state index in [0.29, 0.717) is 5.82 Å². The molecule has 0 aliphatic carbocycles. The van der Waals surface area contributed by atoms with E-state index in [1.807, 2.05) is 0 Å². The van der Waals surface area contributed by atoms with E-state index < -0.39 is 17.7 Å². The SMILES string of the molecule is CC(C)Oc1cc(-c2ncn(C=CC(=O)OCc3ncc[nH]3)n2)cc(C(F)(F)F)c1. The van der Waals surface area contributed by atoms with Gasteiger partial charge in [0.15, 0.2) is 5.82 Å². The number of nitrogens with zero attached hydrogens (tertiary/aromatic N) is 4. The minimum Gasteiger partial charge on any atom is -0.491 e. The van der Waals surface area contributed by atoms with Gasteiger partial charge in [-0.1, -0.05) is 0 Å². The number of benzene rings is 1. The van der Waals surface area contributed by atoms with Crippen LogP contribution in [0.3, 0.4) is 0 Å². The number of aromatic nitrogens is 5. The third kappa shape index (κ3) is 5.69. The molecule has 0 unspecified atom stereocenters. The van der Waals surface area contributed by atoms with Crippen molar-refractivity contribution in [3.05, 3.63) is 54.4 Å². The van der Waals surface area contributed by atoms with E-state index in [1.165, 1.54) is 29.5 Å². The Balaban J connectivity index is 1.75. The number of H-pyrrole nitrogens is 1. The molecule has 2 aromatic heterocycles. The fourth-order valence-electron chi connectivity index (χ4n) is 2.41. The Kier molecular flexibility index (Phi) is 6.19. The quantitative estimate of drug-likeness (QED) is 0.462. The first kappa shape index (κ1) is 21.1. The normalized spacial score (nSPS) is 11.9.